The molecule has 0 saturated heterocycles. The third-order valence-electron chi connectivity index (χ3n) is 12.9. The first-order chi connectivity index (χ1) is 38.4. The molecule has 0 rings (SSSR count). The molecule has 448 valence electrons. The minimum atomic E-state index is -4.72. The Balaban J connectivity index is 5.25. The highest BCUT2D eigenvalue weighted by Gasteiger charge is 2.27. The van der Waals surface area contributed by atoms with E-state index in [2.05, 4.69) is 99.0 Å². The fraction of sp³-hybridized carbons (Fsp3) is 0.623. The predicted octanol–water partition coefficient (Wildman–Crippen LogP) is 18.8. The van der Waals surface area contributed by atoms with E-state index in [1.54, 1.807) is 0 Å². The summed E-state index contributed by atoms with van der Waals surface area (Å²) in [4.78, 5) is 40.0. The number of likely N-dealkylation sites (N-methyl/N-ethyl adjacent to an activating group) is 1. The summed E-state index contributed by atoms with van der Waals surface area (Å²) in [6.45, 7) is 6.52. The van der Waals surface area contributed by atoms with Crippen molar-refractivity contribution in [3.05, 3.63) is 146 Å². The molecule has 0 spiro atoms. The number of carbonyl (C=O) groups excluding carboxylic acids is 2. The van der Waals surface area contributed by atoms with Gasteiger partial charge in [-0.25, -0.2) is 0 Å². The minimum Gasteiger partial charge on any atom is -0.756 e. The van der Waals surface area contributed by atoms with Crippen LogP contribution in [0.15, 0.2) is 146 Å². The van der Waals surface area contributed by atoms with Crippen molar-refractivity contribution >= 4 is 19.7 Å². The third-order valence-corrected chi connectivity index (χ3v) is 13.9. The summed E-state index contributed by atoms with van der Waals surface area (Å²) in [5.74, 6) is -0.612. The van der Waals surface area contributed by atoms with Crippen molar-refractivity contribution in [2.75, 3.05) is 40.9 Å². The van der Waals surface area contributed by atoms with Crippen molar-refractivity contribution in [3.63, 3.8) is 0 Å². The molecule has 0 aliphatic carbocycles. The monoisotopic (exact) mass is 1110 g/mol. The number of nitrogens with zero attached hydrogens (tertiary/aromatic N) is 1. The Morgan fingerprint density at radius 3 is 1.38 bits per heavy atom. The summed E-state index contributed by atoms with van der Waals surface area (Å²) in [7, 11) is 1.13. The Kier molecular flexibility index (Phi) is 54.2. The lowest BCUT2D eigenvalue weighted by molar-refractivity contribution is -0.870. The SMILES string of the molecule is CC\C=C/C=C/C=C/C=C\C=C\C=C\CCCCCC(=O)OC(/C=C\CCCCCCCCCCC)C(COP(=O)([O-])OCC[N+](C)(C)C)NC(=O)CCCCCCCCCCC/C=C\C/C=C\C/C=C\C/C=C\C/C=C\CC. The number of hydrogen-bond donors (Lipinski definition) is 1. The Labute approximate surface area is 485 Å². The molecule has 0 saturated carbocycles. The maximum atomic E-state index is 13.5. The number of rotatable bonds is 54. The summed E-state index contributed by atoms with van der Waals surface area (Å²) in [5.41, 5.74) is 0. The highest BCUT2D eigenvalue weighted by atomic mass is 31.2. The van der Waals surface area contributed by atoms with E-state index in [4.69, 9.17) is 13.8 Å². The first-order valence-electron chi connectivity index (χ1n) is 31.2. The molecule has 0 aliphatic heterocycles. The molecule has 1 amide bonds. The van der Waals surface area contributed by atoms with Crippen LogP contribution in [0.2, 0.25) is 0 Å². The average molecular weight is 1120 g/mol. The molecule has 3 atom stereocenters. The van der Waals surface area contributed by atoms with Crippen LogP contribution in [-0.2, 0) is 27.9 Å². The number of unbranched alkanes of at least 4 members (excludes halogenated alkanes) is 21. The second-order valence-corrected chi connectivity index (χ2v) is 23.0. The smallest absolute Gasteiger partial charge is 0.306 e. The molecule has 0 radical (unpaired) electrons. The maximum absolute atomic E-state index is 13.5. The van der Waals surface area contributed by atoms with Crippen molar-refractivity contribution in [1.82, 2.24) is 5.32 Å². The number of amides is 1. The van der Waals surface area contributed by atoms with Crippen LogP contribution >= 0.6 is 7.82 Å². The van der Waals surface area contributed by atoms with Crippen molar-refractivity contribution in [2.24, 2.45) is 0 Å². The molecular formula is C69H115N2O7P. The number of hydrogen-bond acceptors (Lipinski definition) is 7. The second-order valence-electron chi connectivity index (χ2n) is 21.6. The Morgan fingerprint density at radius 1 is 0.468 bits per heavy atom. The van der Waals surface area contributed by atoms with Crippen LogP contribution in [0.25, 0.3) is 0 Å². The molecule has 0 heterocycles. The zero-order valence-corrected chi connectivity index (χ0v) is 51.9. The molecule has 0 aromatic rings. The molecule has 79 heavy (non-hydrogen) atoms. The fourth-order valence-electron chi connectivity index (χ4n) is 8.17. The highest BCUT2D eigenvalue weighted by molar-refractivity contribution is 7.45. The van der Waals surface area contributed by atoms with Gasteiger partial charge in [0, 0.05) is 12.8 Å². The van der Waals surface area contributed by atoms with Gasteiger partial charge in [0.1, 0.15) is 19.3 Å². The van der Waals surface area contributed by atoms with Gasteiger partial charge in [0.25, 0.3) is 7.82 Å². The van der Waals surface area contributed by atoms with Crippen LogP contribution < -0.4 is 10.2 Å². The van der Waals surface area contributed by atoms with E-state index in [1.807, 2.05) is 94.1 Å². The number of esters is 1. The summed E-state index contributed by atoms with van der Waals surface area (Å²) in [5, 5.41) is 3.01. The van der Waals surface area contributed by atoms with Gasteiger partial charge in [-0.2, -0.15) is 0 Å². The van der Waals surface area contributed by atoms with E-state index < -0.39 is 26.6 Å². The van der Waals surface area contributed by atoms with Crippen molar-refractivity contribution < 1.29 is 37.3 Å². The number of carbonyl (C=O) groups is 2. The zero-order valence-electron chi connectivity index (χ0n) is 51.0. The average Bonchev–Trinajstić information content (AvgIpc) is 3.41. The van der Waals surface area contributed by atoms with Crippen LogP contribution in [0, 0.1) is 0 Å². The lowest BCUT2D eigenvalue weighted by Crippen LogP contribution is -2.47. The van der Waals surface area contributed by atoms with Crippen LogP contribution in [0.3, 0.4) is 0 Å². The van der Waals surface area contributed by atoms with E-state index in [0.717, 1.165) is 109 Å². The number of phosphoric ester groups is 1. The summed E-state index contributed by atoms with van der Waals surface area (Å²) in [6.07, 6.45) is 82.5. The molecule has 0 aliphatic rings. The van der Waals surface area contributed by atoms with Crippen molar-refractivity contribution in [2.45, 2.75) is 238 Å². The molecule has 3 unspecified atom stereocenters. The van der Waals surface area contributed by atoms with Crippen LogP contribution in [0.5, 0.6) is 0 Å². The Hall–Kier alpha value is -4.11. The van der Waals surface area contributed by atoms with E-state index in [9.17, 15) is 19.0 Å². The summed E-state index contributed by atoms with van der Waals surface area (Å²) in [6, 6.07) is -0.921. The van der Waals surface area contributed by atoms with Gasteiger partial charge in [-0.15, -0.1) is 0 Å². The van der Waals surface area contributed by atoms with Gasteiger partial charge in [0.05, 0.1) is 33.8 Å². The number of quaternary nitrogens is 1. The summed E-state index contributed by atoms with van der Waals surface area (Å²) < 4.78 is 30.3. The largest absolute Gasteiger partial charge is 0.756 e. The van der Waals surface area contributed by atoms with Gasteiger partial charge in [0.15, 0.2) is 0 Å². The quantitative estimate of drug-likeness (QED) is 0.0161. The molecular weight excluding hydrogens is 1000 g/mol. The molecule has 0 fully saturated rings. The maximum Gasteiger partial charge on any atom is 0.306 e. The first kappa shape index (κ1) is 74.9. The molecule has 0 aromatic carbocycles. The van der Waals surface area contributed by atoms with Gasteiger partial charge in [-0.1, -0.05) is 263 Å². The van der Waals surface area contributed by atoms with Crippen molar-refractivity contribution in [3.8, 4) is 0 Å². The third kappa shape index (κ3) is 58.4. The molecule has 10 heteroatoms. The highest BCUT2D eigenvalue weighted by Crippen LogP contribution is 2.38. The van der Waals surface area contributed by atoms with Gasteiger partial charge >= 0.3 is 5.97 Å². The minimum absolute atomic E-state index is 0.0399. The lowest BCUT2D eigenvalue weighted by atomic mass is 10.0. The van der Waals surface area contributed by atoms with Crippen molar-refractivity contribution in [1.29, 1.82) is 0 Å². The fourth-order valence-corrected chi connectivity index (χ4v) is 8.89. The molecule has 0 aromatic heterocycles. The lowest BCUT2D eigenvalue weighted by Gasteiger charge is -2.30. The van der Waals surface area contributed by atoms with E-state index in [-0.39, 0.29) is 31.3 Å². The number of ether oxygens (including phenoxy) is 1. The van der Waals surface area contributed by atoms with Crippen LogP contribution in [0.1, 0.15) is 226 Å². The van der Waals surface area contributed by atoms with Crippen LogP contribution in [0.4, 0.5) is 0 Å². The Morgan fingerprint density at radius 2 is 0.873 bits per heavy atom. The number of allylic oxidation sites excluding steroid dienone is 23. The topological polar surface area (TPSA) is 114 Å². The van der Waals surface area contributed by atoms with Crippen LogP contribution in [-0.4, -0.2) is 69.4 Å². The van der Waals surface area contributed by atoms with Gasteiger partial charge in [-0.05, 0) is 96.0 Å². The molecule has 0 bridgehead atoms. The number of nitrogens with one attached hydrogen (secondary N) is 1. The zero-order chi connectivity index (χ0) is 57.9. The van der Waals surface area contributed by atoms with Gasteiger partial charge in [-0.3, -0.25) is 14.2 Å². The van der Waals surface area contributed by atoms with E-state index >= 15 is 0 Å². The van der Waals surface area contributed by atoms with Gasteiger partial charge in [0.2, 0.25) is 5.91 Å². The predicted molar refractivity (Wildman–Crippen MR) is 339 cm³/mol. The first-order valence-corrected chi connectivity index (χ1v) is 32.7. The van der Waals surface area contributed by atoms with E-state index in [0.29, 0.717) is 17.4 Å². The van der Waals surface area contributed by atoms with E-state index in [1.165, 1.54) is 77.0 Å². The molecule has 1 N–H and O–H groups in total. The standard InChI is InChI=1S/C69H115N2O7P/c1-7-10-13-16-19-22-25-27-29-31-32-33-34-35-36-37-38-40-41-43-46-49-52-55-58-61-68(72)70-66(65-77-79(74,75)76-64-63-71(4,5)6)67(60-57-54-51-48-45-24-21-18-15-12-9-3)78-69(73)62-59-56-53-50-47-44-42-39-30-28-26-23-20-17-14-11-8-2/h10-11,13-14,17,19-20,22-23,26-30,32-33,35-36,39,42,44,47,57,60,66-67H,7-9,12,15-16,18,21,24-25,31,34,37-38,40-41,43,45-46,48-56,58-59,61-65H2,1-6H3,(H-,70,72,74,75)/b13-10-,14-11-,20-17+,22-19-,26-23+,29-27-,30-28-,33-32-,36-35-,42-39+,47-44+,60-57-. The molecule has 9 nitrogen and oxygen atoms in total. The van der Waals surface area contributed by atoms with Gasteiger partial charge < -0.3 is 28.5 Å². The number of phosphoric acid groups is 1. The Bertz CT molecular complexity index is 1860. The normalized spacial score (nSPS) is 14.7. The summed E-state index contributed by atoms with van der Waals surface area (Å²) >= 11 is 0. The second kappa shape index (κ2) is 57.1.